The fraction of sp³-hybridized carbons (Fsp3) is 0.308. The van der Waals surface area contributed by atoms with Crippen molar-refractivity contribution < 1.29 is 31.7 Å². The minimum absolute atomic E-state index is 0.00397. The van der Waals surface area contributed by atoms with Gasteiger partial charge in [-0.3, -0.25) is 9.63 Å². The monoisotopic (exact) mass is 333 g/mol. The van der Waals surface area contributed by atoms with E-state index in [1.807, 2.05) is 0 Å². The summed E-state index contributed by atoms with van der Waals surface area (Å²) >= 11 is 0. The zero-order valence-corrected chi connectivity index (χ0v) is 11.8. The number of aromatic nitrogens is 2. The second-order valence-electron chi connectivity index (χ2n) is 4.36. The molecule has 0 aliphatic rings. The molecule has 0 aliphatic heterocycles. The largest absolute Gasteiger partial charge is 0.471 e. The molecule has 0 radical (unpaired) electrons. The van der Waals surface area contributed by atoms with Crippen molar-refractivity contribution in [1.82, 2.24) is 15.6 Å². The Morgan fingerprint density at radius 3 is 2.70 bits per heavy atom. The third-order valence-corrected chi connectivity index (χ3v) is 2.66. The Balaban J connectivity index is 2.16. The topological polar surface area (TPSA) is 77.2 Å². The van der Waals surface area contributed by atoms with Gasteiger partial charge < -0.3 is 4.52 Å². The van der Waals surface area contributed by atoms with Crippen molar-refractivity contribution in [3.63, 3.8) is 0 Å². The second-order valence-corrected chi connectivity index (χ2v) is 4.36. The van der Waals surface area contributed by atoms with Crippen LogP contribution >= 0.6 is 0 Å². The Morgan fingerprint density at radius 2 is 2.13 bits per heavy atom. The minimum Gasteiger partial charge on any atom is -0.329 e. The number of benzene rings is 1. The molecule has 0 atom stereocenters. The van der Waals surface area contributed by atoms with Crippen LogP contribution in [0.4, 0.5) is 17.6 Å². The van der Waals surface area contributed by atoms with Crippen LogP contribution in [0.15, 0.2) is 22.7 Å². The molecule has 1 N–H and O–H groups in total. The molecule has 0 saturated carbocycles. The van der Waals surface area contributed by atoms with Crippen molar-refractivity contribution >= 4 is 5.91 Å². The zero-order valence-electron chi connectivity index (χ0n) is 11.8. The van der Waals surface area contributed by atoms with Gasteiger partial charge in [-0.15, -0.1) is 0 Å². The van der Waals surface area contributed by atoms with E-state index in [-0.39, 0.29) is 24.2 Å². The average Bonchev–Trinajstić information content (AvgIpc) is 2.97. The number of amides is 1. The molecule has 0 unspecified atom stereocenters. The number of carbonyl (C=O) groups excluding carboxylic acids is 1. The Hall–Kier alpha value is -2.49. The smallest absolute Gasteiger partial charge is 0.329 e. The van der Waals surface area contributed by atoms with Crippen LogP contribution in [0.2, 0.25) is 0 Å². The van der Waals surface area contributed by atoms with E-state index in [4.69, 9.17) is 0 Å². The predicted molar refractivity (Wildman–Crippen MR) is 68.2 cm³/mol. The van der Waals surface area contributed by atoms with E-state index >= 15 is 0 Å². The van der Waals surface area contributed by atoms with Crippen molar-refractivity contribution in [3.8, 4) is 11.4 Å². The third-order valence-electron chi connectivity index (χ3n) is 2.66. The van der Waals surface area contributed by atoms with Gasteiger partial charge in [0.05, 0.1) is 13.0 Å². The SMILES string of the molecule is CCONC(=O)Cc1ccc(-c2noc(C(F)(F)F)n2)cc1F. The molecule has 2 rings (SSSR count). The van der Waals surface area contributed by atoms with Gasteiger partial charge in [0.2, 0.25) is 11.7 Å². The average molecular weight is 333 g/mol. The first kappa shape index (κ1) is 16.9. The highest BCUT2D eigenvalue weighted by molar-refractivity contribution is 5.77. The number of halogens is 4. The number of nitrogens with zero attached hydrogens (tertiary/aromatic N) is 2. The molecule has 1 aromatic heterocycles. The Labute approximate surface area is 127 Å². The number of nitrogens with one attached hydrogen (secondary N) is 1. The molecule has 124 valence electrons. The molecule has 0 bridgehead atoms. The lowest BCUT2D eigenvalue weighted by atomic mass is 10.1. The van der Waals surface area contributed by atoms with Gasteiger partial charge in [0.25, 0.3) is 0 Å². The fourth-order valence-corrected chi connectivity index (χ4v) is 1.65. The Morgan fingerprint density at radius 1 is 1.39 bits per heavy atom. The van der Waals surface area contributed by atoms with Gasteiger partial charge in [0.1, 0.15) is 5.82 Å². The molecule has 0 aliphatic carbocycles. The van der Waals surface area contributed by atoms with Crippen LogP contribution in [-0.2, 0) is 22.2 Å². The van der Waals surface area contributed by atoms with Gasteiger partial charge >= 0.3 is 12.1 Å². The van der Waals surface area contributed by atoms with Crippen LogP contribution < -0.4 is 5.48 Å². The third kappa shape index (κ3) is 4.25. The molecular formula is C13H11F4N3O3. The number of rotatable bonds is 5. The van der Waals surface area contributed by atoms with Crippen LogP contribution in [0.3, 0.4) is 0 Å². The minimum atomic E-state index is -4.78. The number of hydrogen-bond donors (Lipinski definition) is 1. The maximum atomic E-state index is 13.9. The first-order valence-corrected chi connectivity index (χ1v) is 6.41. The van der Waals surface area contributed by atoms with Crippen LogP contribution in [0.25, 0.3) is 11.4 Å². The van der Waals surface area contributed by atoms with Crippen LogP contribution in [0.5, 0.6) is 0 Å². The second kappa shape index (κ2) is 6.73. The zero-order chi connectivity index (χ0) is 17.0. The standard InChI is InChI=1S/C13H11F4N3O3/c1-2-22-19-10(21)6-7-3-4-8(5-9(7)14)11-18-12(23-20-11)13(15,16)17/h3-5H,2,6H2,1H3,(H,19,21). The summed E-state index contributed by atoms with van der Waals surface area (Å²) in [5, 5.41) is 3.15. The highest BCUT2D eigenvalue weighted by atomic mass is 19.4. The molecule has 6 nitrogen and oxygen atoms in total. The van der Waals surface area contributed by atoms with Crippen LogP contribution in [-0.4, -0.2) is 22.7 Å². The number of alkyl halides is 3. The van der Waals surface area contributed by atoms with E-state index in [9.17, 15) is 22.4 Å². The molecule has 23 heavy (non-hydrogen) atoms. The molecule has 0 fully saturated rings. The van der Waals surface area contributed by atoms with E-state index < -0.39 is 29.6 Å². The molecule has 1 heterocycles. The highest BCUT2D eigenvalue weighted by Gasteiger charge is 2.38. The summed E-state index contributed by atoms with van der Waals surface area (Å²) in [6.45, 7) is 1.92. The summed E-state index contributed by atoms with van der Waals surface area (Å²) in [5.41, 5.74) is 2.15. The summed E-state index contributed by atoms with van der Waals surface area (Å²) in [6.07, 6.45) is -5.06. The molecule has 0 spiro atoms. The summed E-state index contributed by atoms with van der Waals surface area (Å²) in [6, 6.07) is 3.46. The van der Waals surface area contributed by atoms with Gasteiger partial charge in [-0.1, -0.05) is 17.3 Å². The number of hydroxylamine groups is 1. The van der Waals surface area contributed by atoms with Crippen LogP contribution in [0.1, 0.15) is 18.4 Å². The summed E-state index contributed by atoms with van der Waals surface area (Å²) in [4.78, 5) is 19.3. The molecule has 0 saturated heterocycles. The van der Waals surface area contributed by atoms with Crippen molar-refractivity contribution in [2.45, 2.75) is 19.5 Å². The normalized spacial score (nSPS) is 11.5. The van der Waals surface area contributed by atoms with Gasteiger partial charge in [0, 0.05) is 5.56 Å². The van der Waals surface area contributed by atoms with E-state index in [1.165, 1.54) is 12.1 Å². The van der Waals surface area contributed by atoms with Crippen molar-refractivity contribution in [2.24, 2.45) is 0 Å². The lowest BCUT2D eigenvalue weighted by molar-refractivity contribution is -0.159. The highest BCUT2D eigenvalue weighted by Crippen LogP contribution is 2.29. The maximum absolute atomic E-state index is 13.9. The maximum Gasteiger partial charge on any atom is 0.471 e. The number of carbonyl (C=O) groups is 1. The van der Waals surface area contributed by atoms with Gasteiger partial charge in [-0.05, 0) is 18.6 Å². The Bertz CT molecular complexity index is 700. The molecule has 1 aromatic carbocycles. The predicted octanol–water partition coefficient (Wildman–Crippen LogP) is 2.50. The summed E-state index contributed by atoms with van der Waals surface area (Å²) in [7, 11) is 0. The van der Waals surface area contributed by atoms with Gasteiger partial charge in [-0.2, -0.15) is 18.2 Å². The van der Waals surface area contributed by atoms with Crippen molar-refractivity contribution in [3.05, 3.63) is 35.5 Å². The van der Waals surface area contributed by atoms with Crippen molar-refractivity contribution in [1.29, 1.82) is 0 Å². The fourth-order valence-electron chi connectivity index (χ4n) is 1.65. The van der Waals surface area contributed by atoms with E-state index in [0.717, 1.165) is 6.07 Å². The first-order chi connectivity index (χ1) is 10.8. The van der Waals surface area contributed by atoms with Crippen LogP contribution in [0, 0.1) is 5.82 Å². The molecule has 10 heteroatoms. The van der Waals surface area contributed by atoms with E-state index in [0.29, 0.717) is 0 Å². The van der Waals surface area contributed by atoms with E-state index in [1.54, 1.807) is 6.92 Å². The Kier molecular flexibility index (Phi) is 4.94. The first-order valence-electron chi connectivity index (χ1n) is 6.41. The van der Waals surface area contributed by atoms with E-state index in [2.05, 4.69) is 25.0 Å². The number of hydrogen-bond acceptors (Lipinski definition) is 5. The summed E-state index contributed by atoms with van der Waals surface area (Å²) in [5.74, 6) is -3.26. The quantitative estimate of drug-likeness (QED) is 0.672. The van der Waals surface area contributed by atoms with Gasteiger partial charge in [-0.25, -0.2) is 9.87 Å². The molecular weight excluding hydrogens is 322 g/mol. The summed E-state index contributed by atoms with van der Waals surface area (Å²) < 4.78 is 55.1. The molecule has 2 aromatic rings. The molecule has 1 amide bonds. The lowest BCUT2D eigenvalue weighted by Crippen LogP contribution is -2.25. The lowest BCUT2D eigenvalue weighted by Gasteiger charge is -2.05. The van der Waals surface area contributed by atoms with Crippen molar-refractivity contribution in [2.75, 3.05) is 6.61 Å². The van der Waals surface area contributed by atoms with Gasteiger partial charge in [0.15, 0.2) is 0 Å².